The molecule has 3 heterocycles. The molecule has 6 heteroatoms. The van der Waals surface area contributed by atoms with Crippen LogP contribution < -0.4 is 29.4 Å². The fourth-order valence-corrected chi connectivity index (χ4v) is 10.1. The molecule has 0 saturated heterocycles. The second-order valence-electron chi connectivity index (χ2n) is 15.7. The molecule has 0 amide bonds. The Hall–Kier alpha value is -5.10. The summed E-state index contributed by atoms with van der Waals surface area (Å²) in [5.41, 5.74) is 7.11. The molecule has 0 aromatic heterocycles. The van der Waals surface area contributed by atoms with Gasteiger partial charge in [0, 0.05) is 92.6 Å². The van der Waals surface area contributed by atoms with Gasteiger partial charge in [-0.1, -0.05) is 72.8 Å². The maximum atomic E-state index is 2.63. The number of hydrogen-bond donors (Lipinski definition) is 0. The van der Waals surface area contributed by atoms with Crippen molar-refractivity contribution >= 4 is 66.4 Å². The molecule has 0 saturated carbocycles. The first-order chi connectivity index (χ1) is 24.5. The van der Waals surface area contributed by atoms with Gasteiger partial charge in [-0.05, 0) is 92.1 Å². The van der Waals surface area contributed by atoms with Crippen LogP contribution in [0.15, 0.2) is 109 Å². The first-order valence-electron chi connectivity index (χ1n) is 18.5. The van der Waals surface area contributed by atoms with Crippen molar-refractivity contribution in [3.8, 4) is 0 Å². The standard InChI is InChI=1S/C45H50N6/c1-43(46(3)34-21-9-15-31-16-10-22-35(40(31)34)47(43)4)27-29-45(50(7)38-25-13-19-33-20-14-26-39(42(33)38)51(45)8)30-28-44(2)48(5)36-23-11-17-32-18-12-24-37(41(32)36)49(44)6/h9-26H,27-30H2,1-8H3. The lowest BCUT2D eigenvalue weighted by atomic mass is 9.82. The van der Waals surface area contributed by atoms with Gasteiger partial charge in [0.25, 0.3) is 0 Å². The fraction of sp³-hybridized carbons (Fsp3) is 0.333. The predicted molar refractivity (Wildman–Crippen MR) is 220 cm³/mol. The Morgan fingerprint density at radius 2 is 0.569 bits per heavy atom. The molecule has 3 aliphatic heterocycles. The third kappa shape index (κ3) is 4.16. The van der Waals surface area contributed by atoms with Crippen molar-refractivity contribution in [1.29, 1.82) is 0 Å². The summed E-state index contributed by atoms with van der Waals surface area (Å²) >= 11 is 0. The van der Waals surface area contributed by atoms with Gasteiger partial charge in [0.1, 0.15) is 17.0 Å². The first-order valence-corrected chi connectivity index (χ1v) is 18.5. The molecule has 0 unspecified atom stereocenters. The molecule has 9 rings (SSSR count). The van der Waals surface area contributed by atoms with Gasteiger partial charge in [0.05, 0.1) is 0 Å². The van der Waals surface area contributed by atoms with Gasteiger partial charge in [-0.2, -0.15) is 0 Å². The van der Waals surface area contributed by atoms with Crippen molar-refractivity contribution < 1.29 is 0 Å². The van der Waals surface area contributed by atoms with E-state index in [9.17, 15) is 0 Å². The van der Waals surface area contributed by atoms with Crippen molar-refractivity contribution in [2.75, 3.05) is 71.7 Å². The molecule has 0 aliphatic carbocycles. The van der Waals surface area contributed by atoms with Crippen LogP contribution in [-0.4, -0.2) is 59.3 Å². The topological polar surface area (TPSA) is 19.4 Å². The van der Waals surface area contributed by atoms with Gasteiger partial charge < -0.3 is 29.4 Å². The Kier molecular flexibility index (Phi) is 6.84. The Labute approximate surface area is 303 Å². The Balaban J connectivity index is 1.14. The van der Waals surface area contributed by atoms with Crippen LogP contribution in [0.3, 0.4) is 0 Å². The van der Waals surface area contributed by atoms with Gasteiger partial charge in [-0.15, -0.1) is 0 Å². The highest BCUT2D eigenvalue weighted by Crippen LogP contribution is 2.53. The molecule has 0 spiro atoms. The maximum Gasteiger partial charge on any atom is 0.112 e. The summed E-state index contributed by atoms with van der Waals surface area (Å²) in [5, 5.41) is 7.92. The lowest BCUT2D eigenvalue weighted by Crippen LogP contribution is -2.66. The van der Waals surface area contributed by atoms with Crippen LogP contribution in [0.5, 0.6) is 0 Å². The highest BCUT2D eigenvalue weighted by atomic mass is 15.4. The highest BCUT2D eigenvalue weighted by Gasteiger charge is 2.50. The molecule has 6 nitrogen and oxygen atoms in total. The molecule has 260 valence electrons. The monoisotopic (exact) mass is 674 g/mol. The van der Waals surface area contributed by atoms with Crippen LogP contribution in [0.1, 0.15) is 39.5 Å². The molecule has 6 aromatic carbocycles. The third-order valence-electron chi connectivity index (χ3n) is 13.9. The van der Waals surface area contributed by atoms with E-state index in [1.807, 2.05) is 0 Å². The first kappa shape index (κ1) is 31.9. The molecule has 0 fully saturated rings. The van der Waals surface area contributed by atoms with Crippen LogP contribution in [-0.2, 0) is 0 Å². The van der Waals surface area contributed by atoms with Crippen molar-refractivity contribution in [2.45, 2.75) is 56.5 Å². The van der Waals surface area contributed by atoms with Crippen LogP contribution in [0.4, 0.5) is 34.1 Å². The summed E-state index contributed by atoms with van der Waals surface area (Å²) in [6.07, 6.45) is 3.90. The number of rotatable bonds is 6. The zero-order chi connectivity index (χ0) is 35.4. The van der Waals surface area contributed by atoms with Crippen molar-refractivity contribution in [3.05, 3.63) is 109 Å². The van der Waals surface area contributed by atoms with E-state index < -0.39 is 0 Å². The predicted octanol–water partition coefficient (Wildman–Crippen LogP) is 9.89. The van der Waals surface area contributed by atoms with Gasteiger partial charge in [0.2, 0.25) is 0 Å². The Bertz CT molecular complexity index is 2100. The molecule has 0 atom stereocenters. The second kappa shape index (κ2) is 10.9. The van der Waals surface area contributed by atoms with E-state index in [-0.39, 0.29) is 17.0 Å². The zero-order valence-corrected chi connectivity index (χ0v) is 31.4. The molecule has 3 aliphatic rings. The summed E-state index contributed by atoms with van der Waals surface area (Å²) < 4.78 is 0. The van der Waals surface area contributed by atoms with Crippen LogP contribution in [0.2, 0.25) is 0 Å². The largest absolute Gasteiger partial charge is 0.351 e. The van der Waals surface area contributed by atoms with Gasteiger partial charge in [0.15, 0.2) is 0 Å². The molecule has 0 bridgehead atoms. The van der Waals surface area contributed by atoms with E-state index in [2.05, 4.69) is 195 Å². The van der Waals surface area contributed by atoms with E-state index in [1.165, 1.54) is 66.4 Å². The minimum absolute atomic E-state index is 0.239. The molecular weight excluding hydrogens is 625 g/mol. The lowest BCUT2D eigenvalue weighted by molar-refractivity contribution is 0.253. The molecule has 51 heavy (non-hydrogen) atoms. The summed E-state index contributed by atoms with van der Waals surface area (Å²) in [6, 6.07) is 40.7. The van der Waals surface area contributed by atoms with E-state index >= 15 is 0 Å². The van der Waals surface area contributed by atoms with Crippen LogP contribution in [0.25, 0.3) is 32.3 Å². The summed E-state index contributed by atoms with van der Waals surface area (Å²) in [4.78, 5) is 15.4. The summed E-state index contributed by atoms with van der Waals surface area (Å²) in [6.45, 7) is 4.88. The number of anilines is 6. The van der Waals surface area contributed by atoms with E-state index in [0.29, 0.717) is 0 Å². The van der Waals surface area contributed by atoms with E-state index in [4.69, 9.17) is 0 Å². The van der Waals surface area contributed by atoms with E-state index in [1.54, 1.807) is 0 Å². The van der Waals surface area contributed by atoms with Crippen LogP contribution in [0, 0.1) is 0 Å². The van der Waals surface area contributed by atoms with Crippen molar-refractivity contribution in [2.24, 2.45) is 0 Å². The van der Waals surface area contributed by atoms with Crippen molar-refractivity contribution in [3.63, 3.8) is 0 Å². The lowest BCUT2D eigenvalue weighted by Gasteiger charge is -2.59. The average Bonchev–Trinajstić information content (AvgIpc) is 3.16. The number of nitrogens with zero attached hydrogens (tertiary/aromatic N) is 6. The minimum atomic E-state index is -0.288. The summed E-state index contributed by atoms with van der Waals surface area (Å²) in [5.74, 6) is 0. The average molecular weight is 675 g/mol. The Morgan fingerprint density at radius 3 is 0.824 bits per heavy atom. The molecule has 0 N–H and O–H groups in total. The third-order valence-corrected chi connectivity index (χ3v) is 13.9. The molecule has 6 aromatic rings. The minimum Gasteiger partial charge on any atom is -0.351 e. The van der Waals surface area contributed by atoms with Crippen LogP contribution >= 0.6 is 0 Å². The number of hydrogen-bond acceptors (Lipinski definition) is 6. The van der Waals surface area contributed by atoms with Crippen molar-refractivity contribution in [1.82, 2.24) is 0 Å². The SMILES string of the molecule is CN1c2cccc3cccc(c23)N(C)C1(C)CCC1(CCC2(C)N(C)c3cccc4cccc(c34)N2C)N(C)c2cccc3cccc(c23)N1C. The Morgan fingerprint density at radius 1 is 0.333 bits per heavy atom. The van der Waals surface area contributed by atoms with E-state index in [0.717, 1.165) is 25.7 Å². The molecular formula is C45H50N6. The smallest absolute Gasteiger partial charge is 0.112 e. The normalized spacial score (nSPS) is 18.4. The maximum absolute atomic E-state index is 2.63. The highest BCUT2D eigenvalue weighted by molar-refractivity contribution is 6.08. The van der Waals surface area contributed by atoms with Gasteiger partial charge >= 0.3 is 0 Å². The second-order valence-corrected chi connectivity index (χ2v) is 15.7. The number of benzene rings is 6. The van der Waals surface area contributed by atoms with Gasteiger partial charge in [-0.25, -0.2) is 0 Å². The summed E-state index contributed by atoms with van der Waals surface area (Å²) in [7, 11) is 13.9. The molecule has 0 radical (unpaired) electrons. The zero-order valence-electron chi connectivity index (χ0n) is 31.4. The van der Waals surface area contributed by atoms with Gasteiger partial charge in [-0.3, -0.25) is 0 Å². The quantitative estimate of drug-likeness (QED) is 0.174. The fourth-order valence-electron chi connectivity index (χ4n) is 10.1.